The van der Waals surface area contributed by atoms with Gasteiger partial charge in [0.2, 0.25) is 5.71 Å². The SMILES string of the molecule is CCOC(=O)c1cc2c(=O)[nH]cnc2oc1=O. The second-order valence-electron chi connectivity index (χ2n) is 3.12. The molecule has 17 heavy (non-hydrogen) atoms. The van der Waals surface area contributed by atoms with Gasteiger partial charge in [-0.3, -0.25) is 4.79 Å². The monoisotopic (exact) mass is 236 g/mol. The Morgan fingerprint density at radius 3 is 3.00 bits per heavy atom. The van der Waals surface area contributed by atoms with Gasteiger partial charge >= 0.3 is 11.6 Å². The molecule has 0 saturated heterocycles. The molecule has 0 fully saturated rings. The van der Waals surface area contributed by atoms with Crippen molar-refractivity contribution in [3.8, 4) is 0 Å². The van der Waals surface area contributed by atoms with E-state index in [-0.39, 0.29) is 23.3 Å². The zero-order valence-electron chi connectivity index (χ0n) is 8.85. The van der Waals surface area contributed by atoms with Crippen LogP contribution < -0.4 is 11.2 Å². The number of carbonyl (C=O) groups is 1. The molecule has 0 unspecified atom stereocenters. The van der Waals surface area contributed by atoms with Crippen molar-refractivity contribution in [3.63, 3.8) is 0 Å². The molecule has 88 valence electrons. The molecule has 0 bridgehead atoms. The summed E-state index contributed by atoms with van der Waals surface area (Å²) in [5, 5.41) is 0.0233. The molecular formula is C10H8N2O5. The van der Waals surface area contributed by atoms with Gasteiger partial charge in [-0.05, 0) is 13.0 Å². The first-order valence-corrected chi connectivity index (χ1v) is 4.82. The van der Waals surface area contributed by atoms with Gasteiger partial charge < -0.3 is 14.1 Å². The maximum absolute atomic E-state index is 11.4. The Labute approximate surface area is 94.1 Å². The Morgan fingerprint density at radius 2 is 2.29 bits per heavy atom. The third kappa shape index (κ3) is 1.94. The van der Waals surface area contributed by atoms with Crippen LogP contribution in [0.25, 0.3) is 11.1 Å². The Hall–Kier alpha value is -2.44. The summed E-state index contributed by atoms with van der Waals surface area (Å²) in [6, 6.07) is 1.12. The highest BCUT2D eigenvalue weighted by atomic mass is 16.5. The fraction of sp³-hybridized carbons (Fsp3) is 0.200. The van der Waals surface area contributed by atoms with Crippen molar-refractivity contribution in [3.05, 3.63) is 38.7 Å². The predicted molar refractivity (Wildman–Crippen MR) is 56.9 cm³/mol. The highest BCUT2D eigenvalue weighted by Crippen LogP contribution is 2.05. The molecule has 2 aromatic rings. The smallest absolute Gasteiger partial charge is 0.352 e. The van der Waals surface area contributed by atoms with Gasteiger partial charge in [-0.2, -0.15) is 0 Å². The van der Waals surface area contributed by atoms with E-state index in [1.165, 1.54) is 0 Å². The summed E-state index contributed by atoms with van der Waals surface area (Å²) in [5.41, 5.74) is -1.82. The third-order valence-corrected chi connectivity index (χ3v) is 2.05. The average Bonchev–Trinajstić information content (AvgIpc) is 2.29. The Balaban J connectivity index is 2.70. The quantitative estimate of drug-likeness (QED) is 0.739. The lowest BCUT2D eigenvalue weighted by molar-refractivity contribution is 0.0521. The first-order chi connectivity index (χ1) is 8.13. The summed E-state index contributed by atoms with van der Waals surface area (Å²) in [6.07, 6.45) is 1.11. The van der Waals surface area contributed by atoms with Crippen LogP contribution in [-0.4, -0.2) is 22.5 Å². The molecule has 0 aliphatic rings. The molecule has 0 saturated carbocycles. The molecule has 0 spiro atoms. The number of fused-ring (bicyclic) bond motifs is 1. The van der Waals surface area contributed by atoms with Crippen molar-refractivity contribution in [2.45, 2.75) is 6.92 Å². The largest absolute Gasteiger partial charge is 0.462 e. The molecule has 2 rings (SSSR count). The molecular weight excluding hydrogens is 228 g/mol. The van der Waals surface area contributed by atoms with E-state index < -0.39 is 17.2 Å². The molecule has 0 radical (unpaired) electrons. The van der Waals surface area contributed by atoms with E-state index in [0.717, 1.165) is 12.4 Å². The van der Waals surface area contributed by atoms with Crippen molar-refractivity contribution in [2.75, 3.05) is 6.61 Å². The lowest BCUT2D eigenvalue weighted by Crippen LogP contribution is -2.18. The van der Waals surface area contributed by atoms with E-state index in [1.54, 1.807) is 6.92 Å². The fourth-order valence-corrected chi connectivity index (χ4v) is 1.30. The number of nitrogens with zero attached hydrogens (tertiary/aromatic N) is 1. The number of hydrogen-bond acceptors (Lipinski definition) is 6. The summed E-state index contributed by atoms with van der Waals surface area (Å²) in [4.78, 5) is 40.2. The highest BCUT2D eigenvalue weighted by molar-refractivity contribution is 5.91. The Kier molecular flexibility index (Phi) is 2.73. The topological polar surface area (TPSA) is 102 Å². The van der Waals surface area contributed by atoms with Crippen molar-refractivity contribution < 1.29 is 13.9 Å². The molecule has 7 nitrogen and oxygen atoms in total. The zero-order chi connectivity index (χ0) is 12.4. The van der Waals surface area contributed by atoms with E-state index in [4.69, 9.17) is 4.42 Å². The van der Waals surface area contributed by atoms with Crippen molar-refractivity contribution in [2.24, 2.45) is 0 Å². The number of aromatic nitrogens is 2. The van der Waals surface area contributed by atoms with Crippen LogP contribution in [0.15, 0.2) is 26.4 Å². The molecule has 1 N–H and O–H groups in total. The predicted octanol–water partition coefficient (Wildman–Crippen LogP) is 0.0530. The normalized spacial score (nSPS) is 10.4. The first kappa shape index (κ1) is 11.1. The molecule has 2 aromatic heterocycles. The number of rotatable bonds is 2. The number of ether oxygens (including phenoxy) is 1. The highest BCUT2D eigenvalue weighted by Gasteiger charge is 2.16. The Bertz CT molecular complexity index is 685. The van der Waals surface area contributed by atoms with Crippen LogP contribution in [0.5, 0.6) is 0 Å². The zero-order valence-corrected chi connectivity index (χ0v) is 8.85. The fourth-order valence-electron chi connectivity index (χ4n) is 1.30. The summed E-state index contributed by atoms with van der Waals surface area (Å²) < 4.78 is 9.42. The third-order valence-electron chi connectivity index (χ3n) is 2.05. The lowest BCUT2D eigenvalue weighted by Gasteiger charge is -2.00. The van der Waals surface area contributed by atoms with Crippen molar-refractivity contribution in [1.82, 2.24) is 9.97 Å². The van der Waals surface area contributed by atoms with E-state index in [0.29, 0.717) is 0 Å². The minimum atomic E-state index is -0.881. The van der Waals surface area contributed by atoms with Crippen molar-refractivity contribution in [1.29, 1.82) is 0 Å². The van der Waals surface area contributed by atoms with Crippen LogP contribution in [0.2, 0.25) is 0 Å². The molecule has 2 heterocycles. The molecule has 0 aliphatic carbocycles. The van der Waals surface area contributed by atoms with Gasteiger partial charge in [-0.1, -0.05) is 0 Å². The van der Waals surface area contributed by atoms with Gasteiger partial charge in [0.15, 0.2) is 0 Å². The van der Waals surface area contributed by atoms with E-state index in [2.05, 4.69) is 14.7 Å². The van der Waals surface area contributed by atoms with Gasteiger partial charge in [-0.25, -0.2) is 14.6 Å². The standard InChI is InChI=1S/C10H8N2O5/c1-2-16-9(14)6-3-5-7(13)11-4-12-8(5)17-10(6)15/h3-4H,2H2,1H3,(H,11,12,13). The van der Waals surface area contributed by atoms with Gasteiger partial charge in [0.25, 0.3) is 5.56 Å². The second-order valence-corrected chi connectivity index (χ2v) is 3.12. The molecule has 0 atom stereocenters. The summed E-state index contributed by atoms with van der Waals surface area (Å²) in [7, 11) is 0. The molecule has 0 aromatic carbocycles. The minimum Gasteiger partial charge on any atom is -0.462 e. The molecule has 7 heteroatoms. The summed E-state index contributed by atoms with van der Waals surface area (Å²) >= 11 is 0. The van der Waals surface area contributed by atoms with E-state index in [9.17, 15) is 14.4 Å². The van der Waals surface area contributed by atoms with Gasteiger partial charge in [0.05, 0.1) is 12.9 Å². The summed E-state index contributed by atoms with van der Waals surface area (Å²) in [5.74, 6) is -0.827. The average molecular weight is 236 g/mol. The van der Waals surface area contributed by atoms with Crippen LogP contribution in [0.4, 0.5) is 0 Å². The maximum Gasteiger partial charge on any atom is 0.352 e. The van der Waals surface area contributed by atoms with Crippen LogP contribution >= 0.6 is 0 Å². The summed E-state index contributed by atoms with van der Waals surface area (Å²) in [6.45, 7) is 1.73. The van der Waals surface area contributed by atoms with E-state index >= 15 is 0 Å². The van der Waals surface area contributed by atoms with Crippen molar-refractivity contribution >= 4 is 17.1 Å². The number of aromatic amines is 1. The van der Waals surface area contributed by atoms with Crippen LogP contribution in [0.1, 0.15) is 17.3 Å². The van der Waals surface area contributed by atoms with Gasteiger partial charge in [0, 0.05) is 0 Å². The first-order valence-electron chi connectivity index (χ1n) is 4.82. The maximum atomic E-state index is 11.4. The second kappa shape index (κ2) is 4.20. The minimum absolute atomic E-state index is 0.0233. The molecule has 0 amide bonds. The lowest BCUT2D eigenvalue weighted by atomic mass is 10.2. The Morgan fingerprint density at radius 1 is 1.53 bits per heavy atom. The number of esters is 1. The number of hydrogen-bond donors (Lipinski definition) is 1. The number of carbonyl (C=O) groups excluding carboxylic acids is 1. The number of nitrogens with one attached hydrogen (secondary N) is 1. The van der Waals surface area contributed by atoms with Gasteiger partial charge in [0.1, 0.15) is 10.9 Å². The van der Waals surface area contributed by atoms with Crippen LogP contribution in [0, 0.1) is 0 Å². The molecule has 0 aliphatic heterocycles. The van der Waals surface area contributed by atoms with Crippen LogP contribution in [0.3, 0.4) is 0 Å². The number of H-pyrrole nitrogens is 1. The van der Waals surface area contributed by atoms with Gasteiger partial charge in [-0.15, -0.1) is 0 Å². The van der Waals surface area contributed by atoms with E-state index in [1.807, 2.05) is 0 Å². The van der Waals surface area contributed by atoms with Crippen LogP contribution in [-0.2, 0) is 4.74 Å².